The summed E-state index contributed by atoms with van der Waals surface area (Å²) in [6, 6.07) is 9.08. The summed E-state index contributed by atoms with van der Waals surface area (Å²) in [6.45, 7) is 8.65. The van der Waals surface area contributed by atoms with Crippen LogP contribution in [-0.2, 0) is 19.3 Å². The zero-order valence-electron chi connectivity index (χ0n) is 16.4. The first-order chi connectivity index (χ1) is 12.0. The number of nitrogens with two attached hydrogens (primary N) is 2. The molecule has 0 aliphatic carbocycles. The predicted molar refractivity (Wildman–Crippen MR) is 111 cm³/mol. The van der Waals surface area contributed by atoms with E-state index in [1.807, 2.05) is 0 Å². The highest BCUT2D eigenvalue weighted by atomic mass is 14.6. The Morgan fingerprint density at radius 3 is 1.56 bits per heavy atom. The fraction of sp³-hybridized carbons (Fsp3) is 0.478. The molecule has 0 bridgehead atoms. The van der Waals surface area contributed by atoms with E-state index in [4.69, 9.17) is 11.5 Å². The molecule has 136 valence electrons. The van der Waals surface area contributed by atoms with Gasteiger partial charge in [0, 0.05) is 11.4 Å². The molecule has 4 N–H and O–H groups in total. The Morgan fingerprint density at radius 2 is 1.12 bits per heavy atom. The van der Waals surface area contributed by atoms with Gasteiger partial charge in [-0.25, -0.2) is 0 Å². The van der Waals surface area contributed by atoms with Crippen LogP contribution in [0.3, 0.4) is 0 Å². The lowest BCUT2D eigenvalue weighted by atomic mass is 9.92. The lowest BCUT2D eigenvalue weighted by molar-refractivity contribution is 0.781. The van der Waals surface area contributed by atoms with Gasteiger partial charge in [0.25, 0.3) is 0 Å². The Balaban J connectivity index is 2.35. The number of unbranched alkanes of at least 4 members (excludes halogenated alkanes) is 2. The molecule has 0 unspecified atom stereocenters. The molecule has 0 atom stereocenters. The smallest absolute Gasteiger partial charge is 0.0379 e. The van der Waals surface area contributed by atoms with Gasteiger partial charge in [0.1, 0.15) is 0 Å². The van der Waals surface area contributed by atoms with E-state index >= 15 is 0 Å². The van der Waals surface area contributed by atoms with E-state index in [2.05, 4.69) is 52.0 Å². The molecule has 0 heterocycles. The molecule has 0 fully saturated rings. The minimum Gasteiger partial charge on any atom is -0.398 e. The standard InChI is InChI=1S/C23H34N2/c1-5-7-9-20-14-19(15-21(23(20)25)10-8-6-2)13-18-11-16(3)22(24)17(4)12-18/h11-12,14-15H,5-10,13,24-25H2,1-4H3. The van der Waals surface area contributed by atoms with Crippen LogP contribution in [0.15, 0.2) is 24.3 Å². The molecule has 25 heavy (non-hydrogen) atoms. The molecule has 0 saturated carbocycles. The Hall–Kier alpha value is -1.96. The molecule has 2 heteroatoms. The van der Waals surface area contributed by atoms with Crippen molar-refractivity contribution in [3.05, 3.63) is 57.6 Å². The quantitative estimate of drug-likeness (QED) is 0.603. The zero-order chi connectivity index (χ0) is 18.4. The van der Waals surface area contributed by atoms with Crippen molar-refractivity contribution in [1.82, 2.24) is 0 Å². The molecule has 0 aliphatic rings. The van der Waals surface area contributed by atoms with E-state index in [9.17, 15) is 0 Å². The van der Waals surface area contributed by atoms with Gasteiger partial charge in [0.15, 0.2) is 0 Å². The Morgan fingerprint density at radius 1 is 0.680 bits per heavy atom. The van der Waals surface area contributed by atoms with Crippen LogP contribution in [0.25, 0.3) is 0 Å². The maximum absolute atomic E-state index is 6.48. The van der Waals surface area contributed by atoms with Crippen LogP contribution in [0.1, 0.15) is 72.9 Å². The molecule has 0 spiro atoms. The van der Waals surface area contributed by atoms with Crippen LogP contribution >= 0.6 is 0 Å². The zero-order valence-corrected chi connectivity index (χ0v) is 16.4. The minimum absolute atomic E-state index is 0.910. The van der Waals surface area contributed by atoms with Gasteiger partial charge in [-0.1, -0.05) is 51.0 Å². The summed E-state index contributed by atoms with van der Waals surface area (Å²) < 4.78 is 0. The number of nitrogen functional groups attached to an aromatic ring is 2. The van der Waals surface area contributed by atoms with Crippen LogP contribution in [0.5, 0.6) is 0 Å². The van der Waals surface area contributed by atoms with Crippen LogP contribution in [0.4, 0.5) is 11.4 Å². The van der Waals surface area contributed by atoms with Crippen molar-refractivity contribution < 1.29 is 0 Å². The first-order valence-electron chi connectivity index (χ1n) is 9.72. The first-order valence-corrected chi connectivity index (χ1v) is 9.72. The van der Waals surface area contributed by atoms with E-state index in [0.29, 0.717) is 0 Å². The van der Waals surface area contributed by atoms with Gasteiger partial charge >= 0.3 is 0 Å². The van der Waals surface area contributed by atoms with E-state index in [-0.39, 0.29) is 0 Å². The SMILES string of the molecule is CCCCc1cc(Cc2cc(C)c(N)c(C)c2)cc(CCCC)c1N. The Labute approximate surface area is 153 Å². The second kappa shape index (κ2) is 8.94. The average Bonchev–Trinajstić information content (AvgIpc) is 2.58. The van der Waals surface area contributed by atoms with Crippen molar-refractivity contribution in [1.29, 1.82) is 0 Å². The van der Waals surface area contributed by atoms with E-state index in [0.717, 1.165) is 30.6 Å². The second-order valence-electron chi connectivity index (χ2n) is 7.35. The summed E-state index contributed by atoms with van der Waals surface area (Å²) >= 11 is 0. The maximum Gasteiger partial charge on any atom is 0.0379 e. The van der Waals surface area contributed by atoms with E-state index < -0.39 is 0 Å². The number of benzene rings is 2. The van der Waals surface area contributed by atoms with Crippen LogP contribution in [-0.4, -0.2) is 0 Å². The Kier molecular flexibility index (Phi) is 6.92. The molecule has 2 nitrogen and oxygen atoms in total. The second-order valence-corrected chi connectivity index (χ2v) is 7.35. The number of anilines is 2. The number of hydrogen-bond donors (Lipinski definition) is 2. The first kappa shape index (κ1) is 19.4. The van der Waals surface area contributed by atoms with Gasteiger partial charge in [0.05, 0.1) is 0 Å². The van der Waals surface area contributed by atoms with Gasteiger partial charge in [0.2, 0.25) is 0 Å². The van der Waals surface area contributed by atoms with E-state index in [1.54, 1.807) is 0 Å². The van der Waals surface area contributed by atoms with E-state index in [1.165, 1.54) is 59.1 Å². The lowest BCUT2D eigenvalue weighted by Crippen LogP contribution is -2.04. The highest BCUT2D eigenvalue weighted by Gasteiger charge is 2.10. The average molecular weight is 339 g/mol. The summed E-state index contributed by atoms with van der Waals surface area (Å²) in [5.41, 5.74) is 22.2. The largest absolute Gasteiger partial charge is 0.398 e. The van der Waals surface area contributed by atoms with Crippen molar-refractivity contribution in [2.75, 3.05) is 11.5 Å². The van der Waals surface area contributed by atoms with Gasteiger partial charge in [-0.15, -0.1) is 0 Å². The highest BCUT2D eigenvalue weighted by molar-refractivity contribution is 5.58. The fourth-order valence-electron chi connectivity index (χ4n) is 3.50. The van der Waals surface area contributed by atoms with Crippen LogP contribution in [0, 0.1) is 13.8 Å². The number of hydrogen-bond acceptors (Lipinski definition) is 2. The lowest BCUT2D eigenvalue weighted by Gasteiger charge is -2.15. The third kappa shape index (κ3) is 5.01. The monoisotopic (exact) mass is 338 g/mol. The molecule has 0 aliphatic heterocycles. The molecular weight excluding hydrogens is 304 g/mol. The molecule has 2 rings (SSSR count). The predicted octanol–water partition coefficient (Wildman–Crippen LogP) is 5.74. The van der Waals surface area contributed by atoms with Gasteiger partial charge < -0.3 is 11.5 Å². The number of rotatable bonds is 8. The molecule has 2 aromatic rings. The fourth-order valence-corrected chi connectivity index (χ4v) is 3.50. The summed E-state index contributed by atoms with van der Waals surface area (Å²) in [4.78, 5) is 0. The van der Waals surface area contributed by atoms with Crippen molar-refractivity contribution in [2.24, 2.45) is 0 Å². The minimum atomic E-state index is 0.910. The third-order valence-corrected chi connectivity index (χ3v) is 5.07. The van der Waals surface area contributed by atoms with Crippen LogP contribution in [0.2, 0.25) is 0 Å². The highest BCUT2D eigenvalue weighted by Crippen LogP contribution is 2.27. The summed E-state index contributed by atoms with van der Waals surface area (Å²) in [7, 11) is 0. The molecular formula is C23H34N2. The molecule has 0 aromatic heterocycles. The topological polar surface area (TPSA) is 52.0 Å². The molecule has 0 amide bonds. The maximum atomic E-state index is 6.48. The van der Waals surface area contributed by atoms with Crippen LogP contribution < -0.4 is 11.5 Å². The Bertz CT molecular complexity index is 664. The molecule has 0 saturated heterocycles. The van der Waals surface area contributed by atoms with Crippen molar-refractivity contribution in [3.8, 4) is 0 Å². The summed E-state index contributed by atoms with van der Waals surface area (Å²) in [5.74, 6) is 0. The third-order valence-electron chi connectivity index (χ3n) is 5.07. The number of aryl methyl sites for hydroxylation is 4. The van der Waals surface area contributed by atoms with Crippen molar-refractivity contribution in [3.63, 3.8) is 0 Å². The summed E-state index contributed by atoms with van der Waals surface area (Å²) in [5, 5.41) is 0. The van der Waals surface area contributed by atoms with Gasteiger partial charge in [-0.05, 0) is 79.3 Å². The normalized spacial score (nSPS) is 11.0. The molecule has 0 radical (unpaired) electrons. The summed E-state index contributed by atoms with van der Waals surface area (Å²) in [6.07, 6.45) is 7.89. The van der Waals surface area contributed by atoms with Gasteiger partial charge in [-0.2, -0.15) is 0 Å². The van der Waals surface area contributed by atoms with Crippen molar-refractivity contribution in [2.45, 2.75) is 72.6 Å². The van der Waals surface area contributed by atoms with Gasteiger partial charge in [-0.3, -0.25) is 0 Å². The van der Waals surface area contributed by atoms with Crippen molar-refractivity contribution >= 4 is 11.4 Å². The molecule has 2 aromatic carbocycles.